The molecule has 1 aliphatic heterocycles. The summed E-state index contributed by atoms with van der Waals surface area (Å²) in [4.78, 5) is 0. The van der Waals surface area contributed by atoms with Crippen molar-refractivity contribution in [2.45, 2.75) is 49.5 Å². The molecule has 2 aliphatic rings. The van der Waals surface area contributed by atoms with E-state index < -0.39 is 0 Å². The zero-order chi connectivity index (χ0) is 10.2. The van der Waals surface area contributed by atoms with Crippen LogP contribution in [0.4, 0.5) is 0 Å². The molecular weight excluding hydrogens is 179 g/mol. The summed E-state index contributed by atoms with van der Waals surface area (Å²) in [5.74, 6) is 0. The van der Waals surface area contributed by atoms with Crippen molar-refractivity contribution < 1.29 is 14.2 Å². The number of ether oxygens (including phenoxy) is 3. The average molecular weight is 198 g/mol. The third-order valence-electron chi connectivity index (χ3n) is 3.67. The second-order valence-corrected chi connectivity index (χ2v) is 4.51. The second-order valence-electron chi connectivity index (χ2n) is 4.51. The van der Waals surface area contributed by atoms with Crippen LogP contribution in [0.3, 0.4) is 0 Å². The molecular formula is C10H19BO3. The Hall–Kier alpha value is -0.0551. The van der Waals surface area contributed by atoms with Crippen molar-refractivity contribution in [2.75, 3.05) is 14.2 Å². The van der Waals surface area contributed by atoms with E-state index in [2.05, 4.69) is 7.85 Å². The summed E-state index contributed by atoms with van der Waals surface area (Å²) in [6.45, 7) is 0. The van der Waals surface area contributed by atoms with E-state index in [0.717, 1.165) is 19.3 Å². The third-order valence-corrected chi connectivity index (χ3v) is 3.67. The first kappa shape index (κ1) is 10.5. The molecule has 3 nitrogen and oxygen atoms in total. The van der Waals surface area contributed by atoms with E-state index in [0.29, 0.717) is 6.00 Å². The minimum Gasteiger partial charge on any atom is -0.379 e. The van der Waals surface area contributed by atoms with E-state index in [1.165, 1.54) is 6.42 Å². The maximum absolute atomic E-state index is 5.91. The van der Waals surface area contributed by atoms with E-state index in [4.69, 9.17) is 14.2 Å². The van der Waals surface area contributed by atoms with Crippen molar-refractivity contribution >= 4 is 7.85 Å². The molecule has 0 amide bonds. The highest BCUT2D eigenvalue weighted by Crippen LogP contribution is 2.43. The Kier molecular flexibility index (Phi) is 2.87. The van der Waals surface area contributed by atoms with E-state index in [1.807, 2.05) is 0 Å². The summed E-state index contributed by atoms with van der Waals surface area (Å²) >= 11 is 0. The lowest BCUT2D eigenvalue weighted by Gasteiger charge is -2.40. The van der Waals surface area contributed by atoms with Crippen LogP contribution in [0.1, 0.15) is 25.7 Å². The van der Waals surface area contributed by atoms with Gasteiger partial charge in [0.15, 0.2) is 0 Å². The van der Waals surface area contributed by atoms with E-state index in [1.54, 1.807) is 14.2 Å². The molecule has 2 fully saturated rings. The van der Waals surface area contributed by atoms with Crippen molar-refractivity contribution in [3.05, 3.63) is 0 Å². The van der Waals surface area contributed by atoms with Gasteiger partial charge in [-0.15, -0.1) is 0 Å². The molecule has 1 heterocycles. The minimum atomic E-state index is -0.0711. The van der Waals surface area contributed by atoms with Gasteiger partial charge in [-0.2, -0.15) is 0 Å². The SMILES string of the molecule is B[C@H]1C[C@]2(OC)CCC[C@H](OC)[C@@H]2O1. The van der Waals surface area contributed by atoms with Crippen LogP contribution in [0, 0.1) is 0 Å². The van der Waals surface area contributed by atoms with Crippen molar-refractivity contribution in [2.24, 2.45) is 0 Å². The molecule has 4 heteroatoms. The molecule has 1 saturated carbocycles. The van der Waals surface area contributed by atoms with Crippen molar-refractivity contribution in [3.8, 4) is 0 Å². The van der Waals surface area contributed by atoms with Gasteiger partial charge in [0.05, 0.1) is 11.7 Å². The van der Waals surface area contributed by atoms with Gasteiger partial charge in [0.25, 0.3) is 0 Å². The molecule has 0 aromatic carbocycles. The predicted octanol–water partition coefficient (Wildman–Crippen LogP) is 0.319. The van der Waals surface area contributed by atoms with E-state index in [-0.39, 0.29) is 17.8 Å². The predicted molar refractivity (Wildman–Crippen MR) is 56.2 cm³/mol. The van der Waals surface area contributed by atoms with Crippen LogP contribution < -0.4 is 0 Å². The Bertz CT molecular complexity index is 212. The first-order valence-electron chi connectivity index (χ1n) is 5.45. The Labute approximate surface area is 86.5 Å². The van der Waals surface area contributed by atoms with Crippen LogP contribution in [-0.2, 0) is 14.2 Å². The van der Waals surface area contributed by atoms with Crippen LogP contribution in [-0.4, -0.2) is 45.9 Å². The van der Waals surface area contributed by atoms with Crippen LogP contribution >= 0.6 is 0 Å². The first-order valence-corrected chi connectivity index (χ1v) is 5.45. The summed E-state index contributed by atoms with van der Waals surface area (Å²) in [6.07, 6.45) is 4.75. The quantitative estimate of drug-likeness (QED) is 0.598. The van der Waals surface area contributed by atoms with Crippen LogP contribution in [0.5, 0.6) is 0 Å². The normalized spacial score (nSPS) is 47.7. The van der Waals surface area contributed by atoms with Crippen LogP contribution in [0.2, 0.25) is 0 Å². The van der Waals surface area contributed by atoms with Gasteiger partial charge in [0.1, 0.15) is 14.0 Å². The summed E-state index contributed by atoms with van der Waals surface area (Å²) < 4.78 is 17.1. The summed E-state index contributed by atoms with van der Waals surface area (Å²) in [6, 6.07) is 0.302. The highest BCUT2D eigenvalue weighted by molar-refractivity contribution is 6.11. The topological polar surface area (TPSA) is 27.7 Å². The monoisotopic (exact) mass is 198 g/mol. The van der Waals surface area contributed by atoms with E-state index in [9.17, 15) is 0 Å². The van der Waals surface area contributed by atoms with Gasteiger partial charge in [0.2, 0.25) is 0 Å². The summed E-state index contributed by atoms with van der Waals surface area (Å²) in [5, 5.41) is 0. The van der Waals surface area contributed by atoms with Crippen LogP contribution in [0.15, 0.2) is 0 Å². The molecule has 4 atom stereocenters. The molecule has 0 aromatic heterocycles. The molecule has 0 bridgehead atoms. The van der Waals surface area contributed by atoms with Crippen molar-refractivity contribution in [1.82, 2.24) is 0 Å². The molecule has 0 unspecified atom stereocenters. The van der Waals surface area contributed by atoms with Crippen molar-refractivity contribution in [3.63, 3.8) is 0 Å². The fourth-order valence-corrected chi connectivity index (χ4v) is 2.99. The van der Waals surface area contributed by atoms with Gasteiger partial charge in [-0.1, -0.05) is 0 Å². The lowest BCUT2D eigenvalue weighted by molar-refractivity contribution is -0.150. The first-order chi connectivity index (χ1) is 6.72. The van der Waals surface area contributed by atoms with Gasteiger partial charge >= 0.3 is 0 Å². The molecule has 0 N–H and O–H groups in total. The molecule has 80 valence electrons. The largest absolute Gasteiger partial charge is 0.379 e. The van der Waals surface area contributed by atoms with Gasteiger partial charge < -0.3 is 14.2 Å². The number of rotatable bonds is 2. The second kappa shape index (κ2) is 3.84. The number of hydrogen-bond donors (Lipinski definition) is 0. The standard InChI is InChI=1S/C10H19BO3/c1-12-7-4-3-5-10(13-2)6-8(11)14-9(7)10/h7-9H,3-6,11H2,1-2H3/t7-,8+,9-,10+/m0/s1. The smallest absolute Gasteiger partial charge is 0.139 e. The fourth-order valence-electron chi connectivity index (χ4n) is 2.99. The maximum atomic E-state index is 5.91. The zero-order valence-electron chi connectivity index (χ0n) is 9.29. The fraction of sp³-hybridized carbons (Fsp3) is 1.00. The molecule has 0 radical (unpaired) electrons. The van der Waals surface area contributed by atoms with Gasteiger partial charge in [-0.3, -0.25) is 0 Å². The maximum Gasteiger partial charge on any atom is 0.139 e. The average Bonchev–Trinajstić information content (AvgIpc) is 2.54. The Morgan fingerprint density at radius 2 is 2.21 bits per heavy atom. The third kappa shape index (κ3) is 1.49. The summed E-state index contributed by atoms with van der Waals surface area (Å²) in [5.41, 5.74) is -0.0711. The van der Waals surface area contributed by atoms with Gasteiger partial charge in [-0.25, -0.2) is 0 Å². The van der Waals surface area contributed by atoms with Crippen LogP contribution in [0.25, 0.3) is 0 Å². The van der Waals surface area contributed by atoms with Gasteiger partial charge in [-0.05, 0) is 25.7 Å². The Balaban J connectivity index is 2.18. The highest BCUT2D eigenvalue weighted by Gasteiger charge is 2.52. The number of fused-ring (bicyclic) bond motifs is 1. The lowest BCUT2D eigenvalue weighted by atomic mass is 9.77. The molecule has 1 aliphatic carbocycles. The minimum absolute atomic E-state index is 0.0711. The molecule has 14 heavy (non-hydrogen) atoms. The molecule has 2 rings (SSSR count). The Morgan fingerprint density at radius 3 is 2.86 bits per heavy atom. The molecule has 0 spiro atoms. The van der Waals surface area contributed by atoms with E-state index >= 15 is 0 Å². The number of methoxy groups -OCH3 is 2. The Morgan fingerprint density at radius 1 is 1.43 bits per heavy atom. The molecule has 1 saturated heterocycles. The highest BCUT2D eigenvalue weighted by atomic mass is 16.6. The number of hydrogen-bond acceptors (Lipinski definition) is 3. The zero-order valence-corrected chi connectivity index (χ0v) is 9.29. The van der Waals surface area contributed by atoms with Crippen molar-refractivity contribution in [1.29, 1.82) is 0 Å². The lowest BCUT2D eigenvalue weighted by Crippen LogP contribution is -2.51. The van der Waals surface area contributed by atoms with Gasteiger partial charge in [0, 0.05) is 20.2 Å². The molecule has 0 aromatic rings. The summed E-state index contributed by atoms with van der Waals surface area (Å²) in [7, 11) is 5.68.